The van der Waals surface area contributed by atoms with Crippen molar-refractivity contribution in [3.63, 3.8) is 0 Å². The van der Waals surface area contributed by atoms with Gasteiger partial charge in [-0.05, 0) is 30.4 Å². The van der Waals surface area contributed by atoms with Gasteiger partial charge in [0.05, 0.1) is 12.3 Å². The van der Waals surface area contributed by atoms with Gasteiger partial charge in [-0.15, -0.1) is 0 Å². The van der Waals surface area contributed by atoms with Gasteiger partial charge in [0.25, 0.3) is 0 Å². The van der Waals surface area contributed by atoms with Gasteiger partial charge in [-0.2, -0.15) is 0 Å². The normalized spacial score (nSPS) is 18.4. The molecule has 2 rings (SSSR count). The van der Waals surface area contributed by atoms with E-state index in [0.29, 0.717) is 6.42 Å². The molecule has 1 aromatic rings. The van der Waals surface area contributed by atoms with Crippen LogP contribution < -0.4 is 5.32 Å². The molecule has 1 amide bonds. The molecule has 0 aliphatic heterocycles. The average molecular weight is 291 g/mol. The maximum Gasteiger partial charge on any atom is 0.326 e. The van der Waals surface area contributed by atoms with Gasteiger partial charge >= 0.3 is 11.9 Å². The summed E-state index contributed by atoms with van der Waals surface area (Å²) in [6.45, 7) is 0. The average Bonchev–Trinajstić information content (AvgIpc) is 2.45. The number of amides is 1. The minimum Gasteiger partial charge on any atom is -0.481 e. The topological polar surface area (TPSA) is 104 Å². The number of fused-ring (bicyclic) bond motifs is 1. The van der Waals surface area contributed by atoms with Crippen LogP contribution in [0.25, 0.3) is 0 Å². The Morgan fingerprint density at radius 2 is 1.95 bits per heavy atom. The molecule has 2 unspecified atom stereocenters. The number of benzene rings is 1. The van der Waals surface area contributed by atoms with Crippen molar-refractivity contribution in [1.82, 2.24) is 5.32 Å². The minimum absolute atomic E-state index is 0.411. The second-order valence-corrected chi connectivity index (χ2v) is 5.14. The zero-order valence-electron chi connectivity index (χ0n) is 11.4. The molecule has 0 radical (unpaired) electrons. The van der Waals surface area contributed by atoms with Crippen LogP contribution in [0.4, 0.5) is 0 Å². The molecule has 112 valence electrons. The monoisotopic (exact) mass is 291 g/mol. The van der Waals surface area contributed by atoms with Crippen molar-refractivity contribution in [3.8, 4) is 0 Å². The van der Waals surface area contributed by atoms with Crippen LogP contribution in [0, 0.1) is 0 Å². The molecular formula is C15H17NO5. The highest BCUT2D eigenvalue weighted by Crippen LogP contribution is 2.31. The van der Waals surface area contributed by atoms with Gasteiger partial charge in [0.15, 0.2) is 0 Å². The lowest BCUT2D eigenvalue weighted by molar-refractivity contribution is -0.147. The second-order valence-electron chi connectivity index (χ2n) is 5.14. The summed E-state index contributed by atoms with van der Waals surface area (Å²) < 4.78 is 0. The molecular weight excluding hydrogens is 274 g/mol. The van der Waals surface area contributed by atoms with Gasteiger partial charge in [0, 0.05) is 0 Å². The molecule has 1 aromatic carbocycles. The van der Waals surface area contributed by atoms with Crippen LogP contribution in [0.15, 0.2) is 24.3 Å². The van der Waals surface area contributed by atoms with Crippen molar-refractivity contribution in [2.45, 2.75) is 37.6 Å². The van der Waals surface area contributed by atoms with E-state index in [2.05, 4.69) is 5.32 Å². The highest BCUT2D eigenvalue weighted by atomic mass is 16.4. The van der Waals surface area contributed by atoms with Crippen LogP contribution in [0.1, 0.15) is 36.3 Å². The van der Waals surface area contributed by atoms with Gasteiger partial charge in [-0.3, -0.25) is 9.59 Å². The second kappa shape index (κ2) is 6.39. The lowest BCUT2D eigenvalue weighted by Crippen LogP contribution is -2.44. The molecule has 0 fully saturated rings. The number of carboxylic acids is 2. The number of aryl methyl sites for hydroxylation is 1. The first-order chi connectivity index (χ1) is 9.99. The smallest absolute Gasteiger partial charge is 0.326 e. The summed E-state index contributed by atoms with van der Waals surface area (Å²) >= 11 is 0. The predicted molar refractivity (Wildman–Crippen MR) is 73.9 cm³/mol. The van der Waals surface area contributed by atoms with Crippen molar-refractivity contribution in [2.24, 2.45) is 0 Å². The van der Waals surface area contributed by atoms with Crippen LogP contribution in [0.3, 0.4) is 0 Å². The van der Waals surface area contributed by atoms with Crippen molar-refractivity contribution in [1.29, 1.82) is 0 Å². The van der Waals surface area contributed by atoms with E-state index in [1.54, 1.807) is 0 Å². The van der Waals surface area contributed by atoms with Crippen LogP contribution >= 0.6 is 0 Å². The van der Waals surface area contributed by atoms with E-state index in [1.165, 1.54) is 0 Å². The maximum atomic E-state index is 12.3. The van der Waals surface area contributed by atoms with Crippen LogP contribution in [0.2, 0.25) is 0 Å². The first kappa shape index (κ1) is 15.0. The fourth-order valence-electron chi connectivity index (χ4n) is 2.67. The number of nitrogens with one attached hydrogen (secondary N) is 1. The van der Waals surface area contributed by atoms with E-state index in [1.807, 2.05) is 24.3 Å². The first-order valence-electron chi connectivity index (χ1n) is 6.82. The van der Waals surface area contributed by atoms with E-state index < -0.39 is 36.2 Å². The standard InChI is InChI=1S/C15H17NO5/c17-13(18)8-12(15(20)21)16-14(19)11-7-3-5-9-4-1-2-6-10(9)11/h1-2,4,6,11-12H,3,5,7-8H2,(H,16,19)(H,17,18)(H,20,21). The quantitative estimate of drug-likeness (QED) is 0.755. The van der Waals surface area contributed by atoms with Crippen LogP contribution in [0.5, 0.6) is 0 Å². The summed E-state index contributed by atoms with van der Waals surface area (Å²) in [4.78, 5) is 34.0. The Hall–Kier alpha value is -2.37. The zero-order chi connectivity index (χ0) is 15.4. The van der Waals surface area contributed by atoms with Crippen molar-refractivity contribution in [2.75, 3.05) is 0 Å². The molecule has 0 saturated carbocycles. The van der Waals surface area contributed by atoms with Gasteiger partial charge in [0.2, 0.25) is 5.91 Å². The predicted octanol–water partition coefficient (Wildman–Crippen LogP) is 1.15. The molecule has 0 saturated heterocycles. The summed E-state index contributed by atoms with van der Waals surface area (Å²) in [6, 6.07) is 6.18. The molecule has 3 N–H and O–H groups in total. The first-order valence-corrected chi connectivity index (χ1v) is 6.82. The van der Waals surface area contributed by atoms with Crippen molar-refractivity contribution < 1.29 is 24.6 Å². The van der Waals surface area contributed by atoms with E-state index in [-0.39, 0.29) is 0 Å². The molecule has 0 aromatic heterocycles. The number of carbonyl (C=O) groups is 3. The largest absolute Gasteiger partial charge is 0.481 e. The summed E-state index contributed by atoms with van der Waals surface area (Å²) in [5.41, 5.74) is 2.00. The van der Waals surface area contributed by atoms with Crippen molar-refractivity contribution in [3.05, 3.63) is 35.4 Å². The Kier molecular flexibility index (Phi) is 4.57. The SMILES string of the molecule is O=C(O)CC(NC(=O)C1CCCc2ccccc21)C(=O)O. The molecule has 0 heterocycles. The summed E-state index contributed by atoms with van der Waals surface area (Å²) in [6.07, 6.45) is 1.76. The van der Waals surface area contributed by atoms with Crippen molar-refractivity contribution >= 4 is 17.8 Å². The Morgan fingerprint density at radius 3 is 2.62 bits per heavy atom. The minimum atomic E-state index is -1.40. The van der Waals surface area contributed by atoms with Gasteiger partial charge < -0.3 is 15.5 Å². The van der Waals surface area contributed by atoms with Gasteiger partial charge in [0.1, 0.15) is 6.04 Å². The van der Waals surface area contributed by atoms with Crippen LogP contribution in [-0.2, 0) is 20.8 Å². The van der Waals surface area contributed by atoms with E-state index in [4.69, 9.17) is 10.2 Å². The Morgan fingerprint density at radius 1 is 1.24 bits per heavy atom. The number of rotatable bonds is 5. The Labute approximate surface area is 121 Å². The number of carbonyl (C=O) groups excluding carboxylic acids is 1. The number of hydrogen-bond acceptors (Lipinski definition) is 3. The fourth-order valence-corrected chi connectivity index (χ4v) is 2.67. The number of carboxylic acid groups (broad SMARTS) is 2. The molecule has 0 bridgehead atoms. The van der Waals surface area contributed by atoms with E-state index in [0.717, 1.165) is 24.0 Å². The molecule has 21 heavy (non-hydrogen) atoms. The maximum absolute atomic E-state index is 12.3. The summed E-state index contributed by atoms with van der Waals surface area (Å²) in [7, 11) is 0. The lowest BCUT2D eigenvalue weighted by Gasteiger charge is -2.25. The Balaban J connectivity index is 2.13. The van der Waals surface area contributed by atoms with E-state index in [9.17, 15) is 14.4 Å². The number of hydrogen-bond donors (Lipinski definition) is 3. The fraction of sp³-hybridized carbons (Fsp3) is 0.400. The molecule has 1 aliphatic rings. The third-order valence-electron chi connectivity index (χ3n) is 3.68. The number of aliphatic carboxylic acids is 2. The Bertz CT molecular complexity index is 569. The third kappa shape index (κ3) is 3.59. The highest BCUT2D eigenvalue weighted by Gasteiger charge is 2.30. The summed E-state index contributed by atoms with van der Waals surface area (Å²) in [5.74, 6) is -3.43. The molecule has 6 heteroatoms. The zero-order valence-corrected chi connectivity index (χ0v) is 11.4. The molecule has 0 spiro atoms. The van der Waals surface area contributed by atoms with E-state index >= 15 is 0 Å². The molecule has 2 atom stereocenters. The molecule has 6 nitrogen and oxygen atoms in total. The van der Waals surface area contributed by atoms with Crippen LogP contribution in [-0.4, -0.2) is 34.1 Å². The summed E-state index contributed by atoms with van der Waals surface area (Å²) in [5, 5.41) is 20.0. The highest BCUT2D eigenvalue weighted by molar-refractivity contribution is 5.90. The van der Waals surface area contributed by atoms with Gasteiger partial charge in [-0.25, -0.2) is 4.79 Å². The molecule has 1 aliphatic carbocycles. The van der Waals surface area contributed by atoms with Gasteiger partial charge in [-0.1, -0.05) is 24.3 Å². The lowest BCUT2D eigenvalue weighted by atomic mass is 9.82. The third-order valence-corrected chi connectivity index (χ3v) is 3.68.